The predicted octanol–water partition coefficient (Wildman–Crippen LogP) is 3.27. The highest BCUT2D eigenvalue weighted by Gasteiger charge is 2.10. The van der Waals surface area contributed by atoms with Gasteiger partial charge in [0.25, 0.3) is 5.95 Å². The number of nitrogens with zero attached hydrogens (tertiary/aromatic N) is 5. The normalized spacial score (nSPS) is 11.1. The first-order valence-electron chi connectivity index (χ1n) is 8.05. The topological polar surface area (TPSA) is 77.2 Å². The summed E-state index contributed by atoms with van der Waals surface area (Å²) in [4.78, 5) is 0. The van der Waals surface area contributed by atoms with E-state index in [1.165, 1.54) is 0 Å². The van der Waals surface area contributed by atoms with Gasteiger partial charge in [-0.25, -0.2) is 5.43 Å². The summed E-state index contributed by atoms with van der Waals surface area (Å²) in [6.07, 6.45) is 1.70. The lowest BCUT2D eigenvalue weighted by Crippen LogP contribution is -2.04. The number of methoxy groups -OCH3 is 1. The maximum Gasteiger partial charge on any atom is 0.268 e. The molecular formula is C19H16N6O. The Balaban J connectivity index is 1.59. The van der Waals surface area contributed by atoms with Crippen LogP contribution in [0.2, 0.25) is 0 Å². The SMILES string of the molecule is COc1ccc(/C=N/Nc2nnnn2-c2cccc3ccccc23)cc1. The van der Waals surface area contributed by atoms with Crippen molar-refractivity contribution in [1.29, 1.82) is 0 Å². The van der Waals surface area contributed by atoms with Crippen molar-refractivity contribution in [3.63, 3.8) is 0 Å². The molecule has 1 N–H and O–H groups in total. The van der Waals surface area contributed by atoms with Gasteiger partial charge in [-0.3, -0.25) is 0 Å². The van der Waals surface area contributed by atoms with Crippen LogP contribution in [-0.4, -0.2) is 33.5 Å². The first-order chi connectivity index (χ1) is 12.8. The Morgan fingerprint density at radius 1 is 1.00 bits per heavy atom. The lowest BCUT2D eigenvalue weighted by atomic mass is 10.1. The number of hydrogen-bond donors (Lipinski definition) is 1. The number of nitrogens with one attached hydrogen (secondary N) is 1. The molecule has 4 rings (SSSR count). The molecule has 0 unspecified atom stereocenters. The number of fused-ring (bicyclic) bond motifs is 1. The van der Waals surface area contributed by atoms with Crippen molar-refractivity contribution < 1.29 is 4.74 Å². The van der Waals surface area contributed by atoms with Crippen LogP contribution < -0.4 is 10.2 Å². The molecule has 0 saturated heterocycles. The fourth-order valence-corrected chi connectivity index (χ4v) is 2.67. The molecule has 3 aromatic carbocycles. The van der Waals surface area contributed by atoms with Gasteiger partial charge < -0.3 is 4.74 Å². The summed E-state index contributed by atoms with van der Waals surface area (Å²) in [5.41, 5.74) is 4.72. The molecule has 0 saturated carbocycles. The van der Waals surface area contributed by atoms with Gasteiger partial charge in [-0.05, 0) is 51.7 Å². The third kappa shape index (κ3) is 3.10. The quantitative estimate of drug-likeness (QED) is 0.444. The fourth-order valence-electron chi connectivity index (χ4n) is 2.67. The lowest BCUT2D eigenvalue weighted by Gasteiger charge is -2.07. The van der Waals surface area contributed by atoms with Gasteiger partial charge in [0.15, 0.2) is 0 Å². The molecule has 0 spiro atoms. The van der Waals surface area contributed by atoms with E-state index in [0.29, 0.717) is 5.95 Å². The summed E-state index contributed by atoms with van der Waals surface area (Å²) in [5, 5.41) is 18.3. The van der Waals surface area contributed by atoms with E-state index in [0.717, 1.165) is 27.8 Å². The molecule has 7 heteroatoms. The van der Waals surface area contributed by atoms with E-state index in [9.17, 15) is 0 Å². The third-order valence-electron chi connectivity index (χ3n) is 3.96. The smallest absolute Gasteiger partial charge is 0.268 e. The van der Waals surface area contributed by atoms with Crippen molar-refractivity contribution in [2.24, 2.45) is 5.10 Å². The van der Waals surface area contributed by atoms with Crippen LogP contribution >= 0.6 is 0 Å². The van der Waals surface area contributed by atoms with Gasteiger partial charge in [-0.15, -0.1) is 0 Å². The highest BCUT2D eigenvalue weighted by Crippen LogP contribution is 2.23. The van der Waals surface area contributed by atoms with Crippen LogP contribution in [0.5, 0.6) is 5.75 Å². The van der Waals surface area contributed by atoms with Crippen LogP contribution in [0.3, 0.4) is 0 Å². The van der Waals surface area contributed by atoms with E-state index in [1.54, 1.807) is 18.0 Å². The summed E-state index contributed by atoms with van der Waals surface area (Å²) in [6, 6.07) is 21.7. The van der Waals surface area contributed by atoms with Crippen LogP contribution in [0.4, 0.5) is 5.95 Å². The Bertz CT molecular complexity index is 1050. The number of benzene rings is 3. The number of ether oxygens (including phenoxy) is 1. The summed E-state index contributed by atoms with van der Waals surface area (Å²) < 4.78 is 6.78. The van der Waals surface area contributed by atoms with Gasteiger partial charge in [0.05, 0.1) is 19.0 Å². The molecular weight excluding hydrogens is 328 g/mol. The number of rotatable bonds is 5. The second kappa shape index (κ2) is 7.02. The molecule has 0 aliphatic heterocycles. The second-order valence-electron chi connectivity index (χ2n) is 5.56. The van der Waals surface area contributed by atoms with Gasteiger partial charge in [-0.1, -0.05) is 41.5 Å². The van der Waals surface area contributed by atoms with Crippen LogP contribution in [0.15, 0.2) is 71.8 Å². The summed E-state index contributed by atoms with van der Waals surface area (Å²) in [5.74, 6) is 1.24. The molecule has 0 atom stereocenters. The first-order valence-corrected chi connectivity index (χ1v) is 8.05. The average molecular weight is 344 g/mol. The minimum absolute atomic E-state index is 0.436. The van der Waals surface area contributed by atoms with Gasteiger partial charge >= 0.3 is 0 Å². The van der Waals surface area contributed by atoms with E-state index in [-0.39, 0.29) is 0 Å². The highest BCUT2D eigenvalue weighted by molar-refractivity contribution is 5.90. The fraction of sp³-hybridized carbons (Fsp3) is 0.0526. The van der Waals surface area contributed by atoms with E-state index in [1.807, 2.05) is 54.6 Å². The Morgan fingerprint density at radius 2 is 1.81 bits per heavy atom. The van der Waals surface area contributed by atoms with Crippen molar-refractivity contribution in [2.45, 2.75) is 0 Å². The Kier molecular flexibility index (Phi) is 4.26. The third-order valence-corrected chi connectivity index (χ3v) is 3.96. The van der Waals surface area contributed by atoms with Crippen molar-refractivity contribution in [1.82, 2.24) is 20.2 Å². The predicted molar refractivity (Wildman–Crippen MR) is 101 cm³/mol. The molecule has 0 aliphatic carbocycles. The van der Waals surface area contributed by atoms with Gasteiger partial charge in [0, 0.05) is 5.39 Å². The molecule has 0 aliphatic rings. The van der Waals surface area contributed by atoms with Crippen molar-refractivity contribution in [3.05, 3.63) is 72.3 Å². The van der Waals surface area contributed by atoms with E-state index >= 15 is 0 Å². The van der Waals surface area contributed by atoms with E-state index < -0.39 is 0 Å². The van der Waals surface area contributed by atoms with Crippen LogP contribution in [-0.2, 0) is 0 Å². The minimum atomic E-state index is 0.436. The van der Waals surface area contributed by atoms with Crippen LogP contribution in [0.1, 0.15) is 5.56 Å². The molecule has 7 nitrogen and oxygen atoms in total. The zero-order valence-corrected chi connectivity index (χ0v) is 14.1. The van der Waals surface area contributed by atoms with Crippen LogP contribution in [0.25, 0.3) is 16.5 Å². The number of aromatic nitrogens is 4. The van der Waals surface area contributed by atoms with Crippen molar-refractivity contribution >= 4 is 22.9 Å². The molecule has 0 amide bonds. The summed E-state index contributed by atoms with van der Waals surface area (Å²) in [6.45, 7) is 0. The number of hydrazone groups is 1. The number of anilines is 1. The van der Waals surface area contributed by atoms with E-state index in [4.69, 9.17) is 4.74 Å². The molecule has 1 heterocycles. The molecule has 0 fully saturated rings. The Morgan fingerprint density at radius 3 is 2.65 bits per heavy atom. The highest BCUT2D eigenvalue weighted by atomic mass is 16.5. The minimum Gasteiger partial charge on any atom is -0.497 e. The largest absolute Gasteiger partial charge is 0.497 e. The van der Waals surface area contributed by atoms with Crippen molar-refractivity contribution in [3.8, 4) is 11.4 Å². The standard InChI is InChI=1S/C19H16N6O/c1-26-16-11-9-14(10-12-16)13-20-21-19-22-23-24-25(19)18-8-4-6-15-5-2-3-7-17(15)18/h2-13H,1H3,(H,21,22,24)/b20-13+. The summed E-state index contributed by atoms with van der Waals surface area (Å²) in [7, 11) is 1.64. The van der Waals surface area contributed by atoms with Gasteiger partial charge in [0.2, 0.25) is 0 Å². The Hall–Kier alpha value is -3.74. The molecule has 1 aromatic heterocycles. The maximum absolute atomic E-state index is 5.14. The zero-order chi connectivity index (χ0) is 17.8. The van der Waals surface area contributed by atoms with E-state index in [2.05, 4.69) is 38.2 Å². The molecule has 0 radical (unpaired) electrons. The number of hydrogen-bond acceptors (Lipinski definition) is 6. The molecule has 26 heavy (non-hydrogen) atoms. The maximum atomic E-state index is 5.14. The van der Waals surface area contributed by atoms with Gasteiger partial charge in [0.1, 0.15) is 5.75 Å². The number of tetrazole rings is 1. The van der Waals surface area contributed by atoms with Crippen LogP contribution in [0, 0.1) is 0 Å². The van der Waals surface area contributed by atoms with Crippen molar-refractivity contribution in [2.75, 3.05) is 12.5 Å². The summed E-state index contributed by atoms with van der Waals surface area (Å²) >= 11 is 0. The molecule has 4 aromatic rings. The van der Waals surface area contributed by atoms with Gasteiger partial charge in [-0.2, -0.15) is 9.78 Å². The molecule has 128 valence electrons. The zero-order valence-electron chi connectivity index (χ0n) is 14.1. The Labute approximate surface area is 149 Å². The lowest BCUT2D eigenvalue weighted by molar-refractivity contribution is 0.415. The molecule has 0 bridgehead atoms. The second-order valence-corrected chi connectivity index (χ2v) is 5.56. The first kappa shape index (κ1) is 15.8. The monoisotopic (exact) mass is 344 g/mol. The average Bonchev–Trinajstić information content (AvgIpc) is 3.16.